The fourth-order valence-corrected chi connectivity index (χ4v) is 2.97. The lowest BCUT2D eigenvalue weighted by Crippen LogP contribution is -2.19. The molecule has 0 saturated heterocycles. The van der Waals surface area contributed by atoms with Gasteiger partial charge in [0, 0.05) is 10.9 Å². The van der Waals surface area contributed by atoms with E-state index < -0.39 is 0 Å². The lowest BCUT2D eigenvalue weighted by atomic mass is 10.2. The Morgan fingerprint density at radius 2 is 1.96 bits per heavy atom. The first-order valence-electron chi connectivity index (χ1n) is 7.66. The summed E-state index contributed by atoms with van der Waals surface area (Å²) in [6.45, 7) is 0. The van der Waals surface area contributed by atoms with Gasteiger partial charge in [0.1, 0.15) is 10.8 Å². The van der Waals surface area contributed by atoms with E-state index in [1.807, 2.05) is 6.07 Å². The molecule has 3 rings (SSSR count). The molecule has 5 nitrogen and oxygen atoms in total. The summed E-state index contributed by atoms with van der Waals surface area (Å²) in [7, 11) is 0. The van der Waals surface area contributed by atoms with Crippen LogP contribution in [0.1, 0.15) is 16.8 Å². The van der Waals surface area contributed by atoms with Gasteiger partial charge in [-0.15, -0.1) is 11.3 Å². The number of rotatable bonds is 5. The number of benzene rings is 2. The average Bonchev–Trinajstić information content (AvgIpc) is 3.11. The molecule has 0 bridgehead atoms. The predicted octanol–water partition coefficient (Wildman–Crippen LogP) is 3.51. The molecule has 26 heavy (non-hydrogen) atoms. The number of nitrogens with zero attached hydrogens (tertiary/aromatic N) is 3. The van der Waals surface area contributed by atoms with E-state index in [1.54, 1.807) is 41.8 Å². The highest BCUT2D eigenvalue weighted by atomic mass is 32.1. The maximum atomic E-state index is 13.0. The van der Waals surface area contributed by atoms with Crippen molar-refractivity contribution in [1.29, 1.82) is 5.26 Å². The van der Waals surface area contributed by atoms with E-state index in [-0.39, 0.29) is 18.1 Å². The first-order chi connectivity index (χ1) is 12.6. The number of hydrogen-bond acceptors (Lipinski definition) is 5. The van der Waals surface area contributed by atoms with Crippen molar-refractivity contribution in [2.24, 2.45) is 5.10 Å². The Hall–Kier alpha value is -3.37. The van der Waals surface area contributed by atoms with Crippen LogP contribution in [0.2, 0.25) is 0 Å². The molecule has 0 spiro atoms. The molecule has 0 saturated carbocycles. The van der Waals surface area contributed by atoms with Crippen LogP contribution in [0.5, 0.6) is 0 Å². The molecule has 0 aliphatic heterocycles. The largest absolute Gasteiger partial charge is 0.273 e. The lowest BCUT2D eigenvalue weighted by Gasteiger charge is -1.98. The minimum Gasteiger partial charge on any atom is -0.273 e. The summed E-state index contributed by atoms with van der Waals surface area (Å²) in [5, 5.41) is 15.2. The van der Waals surface area contributed by atoms with E-state index in [2.05, 4.69) is 15.5 Å². The molecule has 0 radical (unpaired) electrons. The van der Waals surface area contributed by atoms with Crippen molar-refractivity contribution in [2.45, 2.75) is 6.42 Å². The Labute approximate surface area is 153 Å². The van der Waals surface area contributed by atoms with E-state index in [0.29, 0.717) is 11.3 Å². The van der Waals surface area contributed by atoms with Crippen molar-refractivity contribution in [3.8, 4) is 16.6 Å². The number of carbonyl (C=O) groups excluding carboxylic acids is 1. The van der Waals surface area contributed by atoms with Crippen LogP contribution in [-0.2, 0) is 11.2 Å². The summed E-state index contributed by atoms with van der Waals surface area (Å²) < 4.78 is 13.0. The molecule has 0 aliphatic rings. The number of nitriles is 1. The van der Waals surface area contributed by atoms with Crippen LogP contribution >= 0.6 is 11.3 Å². The second-order valence-electron chi connectivity index (χ2n) is 5.35. The number of amides is 1. The molecular weight excluding hydrogens is 351 g/mol. The molecule has 7 heteroatoms. The molecular formula is C19H13FN4OS. The van der Waals surface area contributed by atoms with Gasteiger partial charge in [0.2, 0.25) is 5.91 Å². The number of hydrogen-bond donors (Lipinski definition) is 1. The topological polar surface area (TPSA) is 78.1 Å². The minimum absolute atomic E-state index is 0.0996. The Kier molecular flexibility index (Phi) is 5.46. The van der Waals surface area contributed by atoms with Crippen molar-refractivity contribution in [3.05, 3.63) is 76.5 Å². The first kappa shape index (κ1) is 17.5. The molecule has 2 aromatic carbocycles. The maximum absolute atomic E-state index is 13.0. The van der Waals surface area contributed by atoms with Crippen LogP contribution < -0.4 is 5.43 Å². The molecule has 0 aliphatic carbocycles. The number of halogens is 1. The van der Waals surface area contributed by atoms with Crippen LogP contribution in [0.15, 0.2) is 59.0 Å². The normalized spacial score (nSPS) is 10.6. The van der Waals surface area contributed by atoms with Gasteiger partial charge < -0.3 is 0 Å². The quantitative estimate of drug-likeness (QED) is 0.556. The second-order valence-corrected chi connectivity index (χ2v) is 6.21. The Bertz CT molecular complexity index is 972. The van der Waals surface area contributed by atoms with Crippen LogP contribution in [0.4, 0.5) is 4.39 Å². The molecule has 0 atom stereocenters. The summed E-state index contributed by atoms with van der Waals surface area (Å²) in [4.78, 5) is 16.3. The van der Waals surface area contributed by atoms with Crippen molar-refractivity contribution in [3.63, 3.8) is 0 Å². The van der Waals surface area contributed by atoms with Gasteiger partial charge in [0.05, 0.1) is 30.0 Å². The molecule has 1 aromatic heterocycles. The van der Waals surface area contributed by atoms with Gasteiger partial charge in [-0.05, 0) is 42.0 Å². The molecule has 1 heterocycles. The number of nitrogens with one attached hydrogen (secondary N) is 1. The molecule has 0 unspecified atom stereocenters. The fourth-order valence-electron chi connectivity index (χ4n) is 2.14. The van der Waals surface area contributed by atoms with Gasteiger partial charge in [-0.25, -0.2) is 14.8 Å². The summed E-state index contributed by atoms with van der Waals surface area (Å²) in [5.74, 6) is -0.587. The van der Waals surface area contributed by atoms with Crippen LogP contribution in [0, 0.1) is 17.1 Å². The van der Waals surface area contributed by atoms with Crippen LogP contribution in [-0.4, -0.2) is 17.1 Å². The summed E-state index contributed by atoms with van der Waals surface area (Å²) in [6, 6.07) is 14.9. The number of hydrazone groups is 1. The SMILES string of the molecule is N#Cc1ccc(/C=N\NC(=O)Cc2csc(-c3ccc(F)cc3)n2)cc1. The zero-order valence-electron chi connectivity index (χ0n) is 13.5. The fraction of sp³-hybridized carbons (Fsp3) is 0.0526. The van der Waals surface area contributed by atoms with E-state index in [1.165, 1.54) is 29.7 Å². The van der Waals surface area contributed by atoms with E-state index in [9.17, 15) is 9.18 Å². The Balaban J connectivity index is 1.55. The van der Waals surface area contributed by atoms with Crippen molar-refractivity contribution in [2.75, 3.05) is 0 Å². The van der Waals surface area contributed by atoms with Crippen LogP contribution in [0.3, 0.4) is 0 Å². The maximum Gasteiger partial charge on any atom is 0.246 e. The van der Waals surface area contributed by atoms with Crippen molar-refractivity contribution in [1.82, 2.24) is 10.4 Å². The van der Waals surface area contributed by atoms with Gasteiger partial charge in [-0.1, -0.05) is 12.1 Å². The second kappa shape index (κ2) is 8.14. The lowest BCUT2D eigenvalue weighted by molar-refractivity contribution is -0.120. The number of carbonyl (C=O) groups is 1. The molecule has 0 fully saturated rings. The summed E-state index contributed by atoms with van der Waals surface area (Å²) >= 11 is 1.40. The summed E-state index contributed by atoms with van der Waals surface area (Å²) in [5.41, 5.74) is 5.21. The minimum atomic E-state index is -0.301. The molecule has 128 valence electrons. The summed E-state index contributed by atoms with van der Waals surface area (Å²) in [6.07, 6.45) is 1.60. The van der Waals surface area contributed by atoms with E-state index in [0.717, 1.165) is 16.1 Å². The number of aromatic nitrogens is 1. The van der Waals surface area contributed by atoms with Gasteiger partial charge in [-0.2, -0.15) is 10.4 Å². The van der Waals surface area contributed by atoms with Crippen LogP contribution in [0.25, 0.3) is 10.6 Å². The van der Waals surface area contributed by atoms with Gasteiger partial charge >= 0.3 is 0 Å². The zero-order valence-corrected chi connectivity index (χ0v) is 14.3. The highest BCUT2D eigenvalue weighted by Crippen LogP contribution is 2.24. The Morgan fingerprint density at radius 3 is 2.65 bits per heavy atom. The van der Waals surface area contributed by atoms with Gasteiger partial charge in [0.15, 0.2) is 0 Å². The van der Waals surface area contributed by atoms with Crippen molar-refractivity contribution < 1.29 is 9.18 Å². The molecule has 3 aromatic rings. The molecule has 1 amide bonds. The van der Waals surface area contributed by atoms with Gasteiger partial charge in [-0.3, -0.25) is 4.79 Å². The van der Waals surface area contributed by atoms with E-state index >= 15 is 0 Å². The highest BCUT2D eigenvalue weighted by molar-refractivity contribution is 7.13. The zero-order chi connectivity index (χ0) is 18.4. The van der Waals surface area contributed by atoms with E-state index in [4.69, 9.17) is 5.26 Å². The first-order valence-corrected chi connectivity index (χ1v) is 8.54. The highest BCUT2D eigenvalue weighted by Gasteiger charge is 2.08. The standard InChI is InChI=1S/C19H13FN4OS/c20-16-7-5-15(6-8-16)19-23-17(12-26-19)9-18(25)24-22-11-14-3-1-13(10-21)2-4-14/h1-8,11-12H,9H2,(H,24,25)/b22-11-. The third-order valence-corrected chi connectivity index (χ3v) is 4.37. The molecule has 1 N–H and O–H groups in total. The van der Waals surface area contributed by atoms with Gasteiger partial charge in [0.25, 0.3) is 0 Å². The van der Waals surface area contributed by atoms with Crippen molar-refractivity contribution >= 4 is 23.5 Å². The number of thiazole rings is 1. The average molecular weight is 364 g/mol. The monoisotopic (exact) mass is 364 g/mol. The Morgan fingerprint density at radius 1 is 1.23 bits per heavy atom. The smallest absolute Gasteiger partial charge is 0.246 e. The third kappa shape index (κ3) is 4.59. The third-order valence-electron chi connectivity index (χ3n) is 3.43. The predicted molar refractivity (Wildman–Crippen MR) is 98.1 cm³/mol.